The van der Waals surface area contributed by atoms with Gasteiger partial charge in [0.1, 0.15) is 24.5 Å². The summed E-state index contributed by atoms with van der Waals surface area (Å²) in [4.78, 5) is 20.9. The molecule has 1 aliphatic rings. The van der Waals surface area contributed by atoms with Crippen LogP contribution in [-0.4, -0.2) is 47.5 Å². The van der Waals surface area contributed by atoms with Gasteiger partial charge in [-0.25, -0.2) is 19.9 Å². The number of fused-ring (bicyclic) bond motifs is 1. The number of aliphatic hydroxyl groups is 1. The van der Waals surface area contributed by atoms with Gasteiger partial charge in [0.2, 0.25) is 0 Å². The van der Waals surface area contributed by atoms with Gasteiger partial charge in [-0.15, -0.1) is 0 Å². The standard InChI is InChI=1S/C28H32ClN7O2/c1-5-7-20(37)15-38-21-8-9-23(29)22(10-21)27-33-25(26-17(3)11-32-36(26)6-2)18(4)28(34-27)35-13-19-12-30-16-31-24(19)14-35/h8-12,16,20,37H,5-7,13-15H2,1-4H3/t20-/m1/s1. The predicted octanol–water partition coefficient (Wildman–Crippen LogP) is 5.15. The fourth-order valence-electron chi connectivity index (χ4n) is 4.82. The van der Waals surface area contributed by atoms with E-state index < -0.39 is 6.10 Å². The lowest BCUT2D eigenvalue weighted by Gasteiger charge is -2.22. The molecule has 1 N–H and O–H groups in total. The molecule has 0 saturated heterocycles. The van der Waals surface area contributed by atoms with Gasteiger partial charge in [0.05, 0.1) is 40.9 Å². The summed E-state index contributed by atoms with van der Waals surface area (Å²) in [6.45, 7) is 10.4. The Morgan fingerprint density at radius 3 is 2.74 bits per heavy atom. The van der Waals surface area contributed by atoms with E-state index in [1.807, 2.05) is 43.9 Å². The van der Waals surface area contributed by atoms with Gasteiger partial charge in [-0.1, -0.05) is 24.9 Å². The van der Waals surface area contributed by atoms with Crippen molar-refractivity contribution in [3.05, 3.63) is 64.3 Å². The zero-order valence-electron chi connectivity index (χ0n) is 22.1. The van der Waals surface area contributed by atoms with Crippen LogP contribution in [0.3, 0.4) is 0 Å². The third-order valence-electron chi connectivity index (χ3n) is 6.79. The Labute approximate surface area is 227 Å². The van der Waals surface area contributed by atoms with Gasteiger partial charge < -0.3 is 14.7 Å². The highest BCUT2D eigenvalue weighted by atomic mass is 35.5. The maximum atomic E-state index is 10.1. The Kier molecular flexibility index (Phi) is 7.58. The van der Waals surface area contributed by atoms with Crippen LogP contribution in [0.25, 0.3) is 22.8 Å². The number of anilines is 1. The molecule has 198 valence electrons. The molecule has 0 bridgehead atoms. The van der Waals surface area contributed by atoms with Crippen molar-refractivity contribution in [2.75, 3.05) is 11.5 Å². The summed E-state index contributed by atoms with van der Waals surface area (Å²) in [5, 5.41) is 15.2. The Morgan fingerprint density at radius 2 is 1.97 bits per heavy atom. The van der Waals surface area contributed by atoms with Crippen LogP contribution < -0.4 is 9.64 Å². The van der Waals surface area contributed by atoms with Crippen molar-refractivity contribution >= 4 is 17.4 Å². The van der Waals surface area contributed by atoms with Crippen LogP contribution in [0.5, 0.6) is 5.75 Å². The SMILES string of the molecule is CCC[C@@H](O)COc1ccc(Cl)c(-c2nc(-c3c(C)cnn3CC)c(C)c(N3Cc4cncnc4C3)n2)c1. The lowest BCUT2D eigenvalue weighted by Crippen LogP contribution is -2.19. The van der Waals surface area contributed by atoms with Crippen LogP contribution in [0.4, 0.5) is 5.82 Å². The first-order chi connectivity index (χ1) is 18.4. The molecule has 0 radical (unpaired) electrons. The molecule has 3 aromatic heterocycles. The molecule has 1 atom stereocenters. The zero-order chi connectivity index (χ0) is 26.8. The van der Waals surface area contributed by atoms with E-state index in [2.05, 4.69) is 26.9 Å². The van der Waals surface area contributed by atoms with E-state index in [0.29, 0.717) is 48.2 Å². The fraction of sp³-hybridized carbons (Fsp3) is 0.393. The van der Waals surface area contributed by atoms with Crippen LogP contribution in [0.15, 0.2) is 36.9 Å². The Morgan fingerprint density at radius 1 is 1.13 bits per heavy atom. The highest BCUT2D eigenvalue weighted by Gasteiger charge is 2.27. The van der Waals surface area contributed by atoms with Crippen molar-refractivity contribution in [3.8, 4) is 28.5 Å². The van der Waals surface area contributed by atoms with Crippen molar-refractivity contribution in [2.45, 2.75) is 66.3 Å². The highest BCUT2D eigenvalue weighted by Crippen LogP contribution is 2.38. The largest absolute Gasteiger partial charge is 0.491 e. The minimum absolute atomic E-state index is 0.210. The second kappa shape index (κ2) is 11.0. The number of aromatic nitrogens is 6. The molecule has 1 aromatic carbocycles. The molecule has 0 fully saturated rings. The summed E-state index contributed by atoms with van der Waals surface area (Å²) in [6.07, 6.45) is 6.36. The number of aliphatic hydroxyl groups excluding tert-OH is 1. The van der Waals surface area contributed by atoms with Crippen LogP contribution in [0.1, 0.15) is 49.1 Å². The summed E-state index contributed by atoms with van der Waals surface area (Å²) in [6, 6.07) is 5.42. The van der Waals surface area contributed by atoms with E-state index in [9.17, 15) is 5.11 Å². The molecule has 0 unspecified atom stereocenters. The van der Waals surface area contributed by atoms with Crippen LogP contribution in [0.2, 0.25) is 5.02 Å². The highest BCUT2D eigenvalue weighted by molar-refractivity contribution is 6.33. The van der Waals surface area contributed by atoms with Gasteiger partial charge >= 0.3 is 0 Å². The molecule has 9 nitrogen and oxygen atoms in total. The van der Waals surface area contributed by atoms with Crippen molar-refractivity contribution in [1.82, 2.24) is 29.7 Å². The monoisotopic (exact) mass is 533 g/mol. The van der Waals surface area contributed by atoms with E-state index in [1.54, 1.807) is 18.5 Å². The Hall–Kier alpha value is -3.56. The summed E-state index contributed by atoms with van der Waals surface area (Å²) in [7, 11) is 0. The van der Waals surface area contributed by atoms with Gasteiger partial charge in [-0.05, 0) is 51.0 Å². The number of aryl methyl sites for hydroxylation is 2. The van der Waals surface area contributed by atoms with E-state index >= 15 is 0 Å². The average molecular weight is 534 g/mol. The normalized spacial score (nSPS) is 13.6. The van der Waals surface area contributed by atoms with Crippen molar-refractivity contribution in [2.24, 2.45) is 0 Å². The molecule has 0 amide bonds. The molecule has 0 saturated carbocycles. The molecule has 5 rings (SSSR count). The summed E-state index contributed by atoms with van der Waals surface area (Å²) < 4.78 is 7.84. The van der Waals surface area contributed by atoms with Crippen molar-refractivity contribution in [3.63, 3.8) is 0 Å². The van der Waals surface area contributed by atoms with E-state index in [1.165, 1.54) is 0 Å². The quantitative estimate of drug-likeness (QED) is 0.315. The molecule has 4 heterocycles. The first-order valence-corrected chi connectivity index (χ1v) is 13.3. The average Bonchev–Trinajstić information content (AvgIpc) is 3.51. The summed E-state index contributed by atoms with van der Waals surface area (Å²) >= 11 is 6.70. The van der Waals surface area contributed by atoms with Gasteiger partial charge in [0.15, 0.2) is 5.82 Å². The summed E-state index contributed by atoms with van der Waals surface area (Å²) in [5.41, 5.74) is 6.50. The zero-order valence-corrected chi connectivity index (χ0v) is 22.9. The molecule has 38 heavy (non-hydrogen) atoms. The summed E-state index contributed by atoms with van der Waals surface area (Å²) in [5.74, 6) is 1.91. The molecule has 1 aliphatic heterocycles. The second-order valence-electron chi connectivity index (χ2n) is 9.58. The number of ether oxygens (including phenoxy) is 1. The topological polar surface area (TPSA) is 102 Å². The molecule has 0 aliphatic carbocycles. The van der Waals surface area contributed by atoms with E-state index in [4.69, 9.17) is 26.3 Å². The number of nitrogens with zero attached hydrogens (tertiary/aromatic N) is 7. The lowest BCUT2D eigenvalue weighted by atomic mass is 10.1. The van der Waals surface area contributed by atoms with E-state index in [-0.39, 0.29) is 6.61 Å². The first-order valence-electron chi connectivity index (χ1n) is 12.9. The van der Waals surface area contributed by atoms with Crippen molar-refractivity contribution < 1.29 is 9.84 Å². The molecular formula is C28H32ClN7O2. The van der Waals surface area contributed by atoms with Gasteiger partial charge in [-0.2, -0.15) is 5.10 Å². The molecular weight excluding hydrogens is 502 g/mol. The fourth-order valence-corrected chi connectivity index (χ4v) is 5.02. The van der Waals surface area contributed by atoms with Crippen LogP contribution in [0, 0.1) is 13.8 Å². The minimum Gasteiger partial charge on any atom is -0.491 e. The maximum Gasteiger partial charge on any atom is 0.163 e. The smallest absolute Gasteiger partial charge is 0.163 e. The van der Waals surface area contributed by atoms with Crippen LogP contribution >= 0.6 is 11.6 Å². The number of halogens is 1. The predicted molar refractivity (Wildman–Crippen MR) is 147 cm³/mol. The maximum absolute atomic E-state index is 10.1. The van der Waals surface area contributed by atoms with Crippen LogP contribution in [-0.2, 0) is 19.6 Å². The van der Waals surface area contributed by atoms with Gasteiger partial charge in [-0.3, -0.25) is 4.68 Å². The van der Waals surface area contributed by atoms with Gasteiger partial charge in [0, 0.05) is 36.0 Å². The molecule has 4 aromatic rings. The number of rotatable bonds is 9. The molecule has 10 heteroatoms. The number of benzene rings is 1. The lowest BCUT2D eigenvalue weighted by molar-refractivity contribution is 0.0994. The number of hydrogen-bond donors (Lipinski definition) is 1. The third kappa shape index (κ3) is 5.08. The van der Waals surface area contributed by atoms with Crippen molar-refractivity contribution in [1.29, 1.82) is 0 Å². The second-order valence-corrected chi connectivity index (χ2v) is 9.99. The molecule has 0 spiro atoms. The third-order valence-corrected chi connectivity index (χ3v) is 7.12. The van der Waals surface area contributed by atoms with E-state index in [0.717, 1.165) is 46.0 Å². The Balaban J connectivity index is 1.61. The minimum atomic E-state index is -0.523. The first kappa shape index (κ1) is 26.1. The van der Waals surface area contributed by atoms with Gasteiger partial charge in [0.25, 0.3) is 0 Å². The Bertz CT molecular complexity index is 1430. The number of hydrogen-bond acceptors (Lipinski definition) is 8.